The summed E-state index contributed by atoms with van der Waals surface area (Å²) < 4.78 is 13.6. The van der Waals surface area contributed by atoms with Gasteiger partial charge in [-0.2, -0.15) is 0 Å². The number of nitrogens with zero attached hydrogens (tertiary/aromatic N) is 1. The quantitative estimate of drug-likeness (QED) is 0.232. The zero-order chi connectivity index (χ0) is 20.0. The summed E-state index contributed by atoms with van der Waals surface area (Å²) in [5.74, 6) is 0.0466. The topological polar surface area (TPSA) is 65.5 Å². The van der Waals surface area contributed by atoms with Gasteiger partial charge in [0, 0.05) is 37.7 Å². The molecule has 1 saturated carbocycles. The van der Waals surface area contributed by atoms with Gasteiger partial charge in [-0.15, -0.1) is 24.0 Å². The van der Waals surface area contributed by atoms with E-state index in [-0.39, 0.29) is 41.1 Å². The van der Waals surface area contributed by atoms with Crippen LogP contribution in [0.25, 0.3) is 0 Å². The van der Waals surface area contributed by atoms with Crippen molar-refractivity contribution >= 4 is 35.8 Å². The maximum absolute atomic E-state index is 13.6. The van der Waals surface area contributed by atoms with E-state index in [1.54, 1.807) is 26.1 Å². The largest absolute Gasteiger partial charge is 0.356 e. The minimum absolute atomic E-state index is 0. The molecule has 0 spiro atoms. The van der Waals surface area contributed by atoms with Crippen LogP contribution in [0.2, 0.25) is 0 Å². The second-order valence-electron chi connectivity index (χ2n) is 7.22. The number of carbonyl (C=O) groups excluding carboxylic acids is 1. The van der Waals surface area contributed by atoms with Crippen LogP contribution in [0.1, 0.15) is 34.3 Å². The third kappa shape index (κ3) is 6.16. The number of aliphatic imine (C=N–C) groups is 1. The van der Waals surface area contributed by atoms with Crippen LogP contribution in [-0.4, -0.2) is 38.5 Å². The minimum atomic E-state index is -0.372. The molecule has 0 saturated heterocycles. The fourth-order valence-corrected chi connectivity index (χ4v) is 3.18. The van der Waals surface area contributed by atoms with E-state index in [4.69, 9.17) is 0 Å². The minimum Gasteiger partial charge on any atom is -0.356 e. The van der Waals surface area contributed by atoms with Crippen molar-refractivity contribution in [2.75, 3.05) is 26.7 Å². The Kier molecular flexibility index (Phi) is 8.43. The Hall–Kier alpha value is -2.16. The second kappa shape index (κ2) is 10.6. The molecule has 156 valence electrons. The molecule has 0 aliphatic heterocycles. The van der Waals surface area contributed by atoms with Gasteiger partial charge in [0.15, 0.2) is 5.96 Å². The summed E-state index contributed by atoms with van der Waals surface area (Å²) in [6, 6.07) is 15.0. The first kappa shape index (κ1) is 23.1. The lowest BCUT2D eigenvalue weighted by atomic mass is 9.96. The van der Waals surface area contributed by atoms with Gasteiger partial charge in [-0.05, 0) is 43.0 Å². The molecule has 0 atom stereocenters. The highest BCUT2D eigenvalue weighted by atomic mass is 127. The van der Waals surface area contributed by atoms with Crippen LogP contribution < -0.4 is 16.0 Å². The molecule has 1 fully saturated rings. The van der Waals surface area contributed by atoms with Crippen molar-refractivity contribution in [2.24, 2.45) is 4.99 Å². The number of rotatable bonds is 7. The molecule has 5 nitrogen and oxygen atoms in total. The van der Waals surface area contributed by atoms with Gasteiger partial charge in [-0.3, -0.25) is 9.79 Å². The zero-order valence-electron chi connectivity index (χ0n) is 16.8. The molecule has 1 amide bonds. The van der Waals surface area contributed by atoms with Crippen LogP contribution in [-0.2, 0) is 5.41 Å². The number of carbonyl (C=O) groups is 1. The molecular formula is C22H28FIN4O. The molecule has 0 unspecified atom stereocenters. The summed E-state index contributed by atoms with van der Waals surface area (Å²) in [6.07, 6.45) is 2.34. The second-order valence-corrected chi connectivity index (χ2v) is 7.22. The first-order chi connectivity index (χ1) is 13.5. The summed E-state index contributed by atoms with van der Waals surface area (Å²) >= 11 is 0. The fraction of sp³-hybridized carbons (Fsp3) is 0.364. The van der Waals surface area contributed by atoms with E-state index in [1.807, 2.05) is 6.07 Å². The number of hydrogen-bond acceptors (Lipinski definition) is 2. The normalized spacial score (nSPS) is 14.5. The van der Waals surface area contributed by atoms with Crippen LogP contribution in [0.3, 0.4) is 0 Å². The molecule has 2 aromatic carbocycles. The van der Waals surface area contributed by atoms with Crippen molar-refractivity contribution in [3.8, 4) is 0 Å². The number of halogens is 2. The predicted octanol–water partition coefficient (Wildman–Crippen LogP) is 3.38. The molecule has 7 heteroatoms. The maximum Gasteiger partial charge on any atom is 0.251 e. The number of hydrogen-bond donors (Lipinski definition) is 3. The number of amides is 1. The third-order valence-corrected chi connectivity index (χ3v) is 5.19. The van der Waals surface area contributed by atoms with E-state index in [2.05, 4.69) is 45.2 Å². The highest BCUT2D eigenvalue weighted by Crippen LogP contribution is 2.47. The van der Waals surface area contributed by atoms with Crippen LogP contribution in [0.4, 0.5) is 4.39 Å². The molecule has 3 N–H and O–H groups in total. The lowest BCUT2D eigenvalue weighted by Gasteiger charge is -2.19. The van der Waals surface area contributed by atoms with Crippen molar-refractivity contribution in [3.05, 3.63) is 71.0 Å². The lowest BCUT2D eigenvalue weighted by molar-refractivity contribution is 0.0954. The van der Waals surface area contributed by atoms with Gasteiger partial charge in [0.05, 0.1) is 0 Å². The molecule has 1 aliphatic rings. The van der Waals surface area contributed by atoms with E-state index in [1.165, 1.54) is 24.5 Å². The van der Waals surface area contributed by atoms with Crippen molar-refractivity contribution in [1.29, 1.82) is 0 Å². The predicted molar refractivity (Wildman–Crippen MR) is 126 cm³/mol. The van der Waals surface area contributed by atoms with Gasteiger partial charge < -0.3 is 16.0 Å². The standard InChI is InChI=1S/C22H27FN4O.HI/c1-16-8-9-17(14-19(16)23)20(28)25-12-13-26-21(24-2)27-15-22(10-11-22)18-6-4-3-5-7-18;/h3-9,14H,10-13,15H2,1-2H3,(H,25,28)(H2,24,26,27);1H. The molecule has 29 heavy (non-hydrogen) atoms. The summed E-state index contributed by atoms with van der Waals surface area (Å²) in [7, 11) is 1.73. The number of guanidine groups is 1. The summed E-state index contributed by atoms with van der Waals surface area (Å²) in [5.41, 5.74) is 2.40. The van der Waals surface area contributed by atoms with E-state index in [0.29, 0.717) is 30.2 Å². The average molecular weight is 510 g/mol. The summed E-state index contributed by atoms with van der Waals surface area (Å²) in [6.45, 7) is 3.44. The smallest absolute Gasteiger partial charge is 0.251 e. The van der Waals surface area contributed by atoms with Gasteiger partial charge in [-0.1, -0.05) is 36.4 Å². The highest BCUT2D eigenvalue weighted by molar-refractivity contribution is 14.0. The monoisotopic (exact) mass is 510 g/mol. The Balaban J connectivity index is 0.00000300. The molecule has 0 heterocycles. The number of aryl methyl sites for hydroxylation is 1. The van der Waals surface area contributed by atoms with E-state index < -0.39 is 0 Å². The Morgan fingerprint density at radius 3 is 2.38 bits per heavy atom. The fourth-order valence-electron chi connectivity index (χ4n) is 3.18. The van der Waals surface area contributed by atoms with Crippen LogP contribution in [0.5, 0.6) is 0 Å². The van der Waals surface area contributed by atoms with Gasteiger partial charge in [0.2, 0.25) is 0 Å². The lowest BCUT2D eigenvalue weighted by Crippen LogP contribution is -2.44. The molecule has 1 aliphatic carbocycles. The van der Waals surface area contributed by atoms with Crippen molar-refractivity contribution in [2.45, 2.75) is 25.2 Å². The highest BCUT2D eigenvalue weighted by Gasteiger charge is 2.43. The average Bonchev–Trinajstić information content (AvgIpc) is 3.51. The summed E-state index contributed by atoms with van der Waals surface area (Å²) in [5, 5.41) is 9.36. The van der Waals surface area contributed by atoms with Crippen molar-refractivity contribution in [3.63, 3.8) is 0 Å². The van der Waals surface area contributed by atoms with Crippen LogP contribution in [0, 0.1) is 12.7 Å². The van der Waals surface area contributed by atoms with Gasteiger partial charge in [-0.25, -0.2) is 4.39 Å². The molecule has 0 aromatic heterocycles. The molecule has 2 aromatic rings. The van der Waals surface area contributed by atoms with Gasteiger partial charge >= 0.3 is 0 Å². The van der Waals surface area contributed by atoms with Crippen molar-refractivity contribution in [1.82, 2.24) is 16.0 Å². The van der Waals surface area contributed by atoms with Crippen LogP contribution in [0.15, 0.2) is 53.5 Å². The van der Waals surface area contributed by atoms with Crippen LogP contribution >= 0.6 is 24.0 Å². The first-order valence-electron chi connectivity index (χ1n) is 9.58. The third-order valence-electron chi connectivity index (χ3n) is 5.19. The Morgan fingerprint density at radius 1 is 1.07 bits per heavy atom. The Morgan fingerprint density at radius 2 is 1.76 bits per heavy atom. The number of benzene rings is 2. The molecule has 3 rings (SSSR count). The maximum atomic E-state index is 13.6. The Labute approximate surface area is 188 Å². The first-order valence-corrected chi connectivity index (χ1v) is 9.58. The Bertz CT molecular complexity index is 853. The number of nitrogens with one attached hydrogen (secondary N) is 3. The zero-order valence-corrected chi connectivity index (χ0v) is 19.1. The van der Waals surface area contributed by atoms with E-state index in [0.717, 1.165) is 6.54 Å². The van der Waals surface area contributed by atoms with E-state index in [9.17, 15) is 9.18 Å². The van der Waals surface area contributed by atoms with Crippen molar-refractivity contribution < 1.29 is 9.18 Å². The molecule has 0 bridgehead atoms. The summed E-state index contributed by atoms with van der Waals surface area (Å²) in [4.78, 5) is 16.3. The van der Waals surface area contributed by atoms with E-state index >= 15 is 0 Å². The van der Waals surface area contributed by atoms with Gasteiger partial charge in [0.1, 0.15) is 5.82 Å². The molecule has 0 radical (unpaired) electrons. The molecular weight excluding hydrogens is 482 g/mol. The van der Waals surface area contributed by atoms with Gasteiger partial charge in [0.25, 0.3) is 5.91 Å². The SMILES string of the molecule is CN=C(NCCNC(=O)c1ccc(C)c(F)c1)NCC1(c2ccccc2)CC1.I.